The summed E-state index contributed by atoms with van der Waals surface area (Å²) in [6.07, 6.45) is 0. The van der Waals surface area contributed by atoms with E-state index >= 15 is 0 Å². The van der Waals surface area contributed by atoms with Crippen LogP contribution in [0.1, 0.15) is 5.56 Å². The average Bonchev–Trinajstić information content (AvgIpc) is 2.46. The molecule has 0 aliphatic rings. The molecule has 0 spiro atoms. The third kappa shape index (κ3) is 3.29. The molecule has 2 N–H and O–H groups in total. The van der Waals surface area contributed by atoms with E-state index in [2.05, 4.69) is 28.2 Å². The van der Waals surface area contributed by atoms with Crippen molar-refractivity contribution in [3.05, 3.63) is 54.1 Å². The fourth-order valence-corrected chi connectivity index (χ4v) is 2.60. The van der Waals surface area contributed by atoms with Gasteiger partial charge in [-0.05, 0) is 35.6 Å². The Morgan fingerprint density at radius 2 is 1.79 bits per heavy atom. The van der Waals surface area contributed by atoms with Crippen molar-refractivity contribution in [1.82, 2.24) is 10.0 Å². The summed E-state index contributed by atoms with van der Waals surface area (Å²) in [6, 6.07) is 16.1. The Labute approximate surface area is 117 Å². The number of urea groups is 1. The van der Waals surface area contributed by atoms with Crippen molar-refractivity contribution in [2.45, 2.75) is 11.8 Å². The summed E-state index contributed by atoms with van der Waals surface area (Å²) in [4.78, 5) is 12.4. The summed E-state index contributed by atoms with van der Waals surface area (Å²) in [5, 5.41) is 2.54. The number of aryl methyl sites for hydroxylation is 1. The van der Waals surface area contributed by atoms with E-state index in [1.54, 1.807) is 7.05 Å². The highest BCUT2D eigenvalue weighted by atomic mass is 32.2. The van der Waals surface area contributed by atoms with E-state index in [4.69, 9.17) is 0 Å². The van der Waals surface area contributed by atoms with Crippen LogP contribution in [0.25, 0.3) is 11.1 Å². The minimum absolute atomic E-state index is 0.202. The zero-order valence-electron chi connectivity index (χ0n) is 10.9. The zero-order chi connectivity index (χ0) is 13.7. The maximum absolute atomic E-state index is 11.3. The van der Waals surface area contributed by atoms with Gasteiger partial charge in [-0.25, -0.2) is 4.79 Å². The van der Waals surface area contributed by atoms with Crippen LogP contribution >= 0.6 is 11.9 Å². The monoisotopic (exact) mass is 272 g/mol. The molecule has 0 bridgehead atoms. The molecule has 19 heavy (non-hydrogen) atoms. The van der Waals surface area contributed by atoms with E-state index in [0.29, 0.717) is 0 Å². The Hall–Kier alpha value is -1.94. The van der Waals surface area contributed by atoms with Gasteiger partial charge < -0.3 is 5.32 Å². The zero-order valence-corrected chi connectivity index (χ0v) is 11.8. The van der Waals surface area contributed by atoms with E-state index in [0.717, 1.165) is 21.6 Å². The highest BCUT2D eigenvalue weighted by Gasteiger charge is 2.09. The molecular formula is C15H16N2OS. The van der Waals surface area contributed by atoms with Crippen molar-refractivity contribution in [2.75, 3.05) is 7.05 Å². The molecule has 4 heteroatoms. The minimum atomic E-state index is -0.202. The number of amides is 2. The van der Waals surface area contributed by atoms with Gasteiger partial charge in [-0.15, -0.1) is 0 Å². The van der Waals surface area contributed by atoms with Crippen molar-refractivity contribution >= 4 is 18.0 Å². The average molecular weight is 272 g/mol. The van der Waals surface area contributed by atoms with Crippen molar-refractivity contribution in [2.24, 2.45) is 0 Å². The summed E-state index contributed by atoms with van der Waals surface area (Å²) >= 11 is 1.34. The molecule has 0 unspecified atom stereocenters. The van der Waals surface area contributed by atoms with Gasteiger partial charge in [0.1, 0.15) is 0 Å². The van der Waals surface area contributed by atoms with Gasteiger partial charge in [0.2, 0.25) is 0 Å². The van der Waals surface area contributed by atoms with Crippen LogP contribution in [-0.2, 0) is 0 Å². The first-order valence-corrected chi connectivity index (χ1v) is 6.83. The number of rotatable bonds is 3. The number of hydrogen-bond donors (Lipinski definition) is 2. The van der Waals surface area contributed by atoms with Crippen LogP contribution in [0.15, 0.2) is 53.4 Å². The quantitative estimate of drug-likeness (QED) is 0.838. The van der Waals surface area contributed by atoms with Gasteiger partial charge in [0.25, 0.3) is 0 Å². The third-order valence-corrected chi connectivity index (χ3v) is 3.80. The molecule has 0 heterocycles. The van der Waals surface area contributed by atoms with E-state index in [1.807, 2.05) is 37.3 Å². The van der Waals surface area contributed by atoms with Gasteiger partial charge in [0, 0.05) is 11.9 Å². The fourth-order valence-electron chi connectivity index (χ4n) is 1.78. The second-order valence-corrected chi connectivity index (χ2v) is 4.92. The van der Waals surface area contributed by atoms with Crippen molar-refractivity contribution < 1.29 is 4.79 Å². The lowest BCUT2D eigenvalue weighted by molar-refractivity contribution is 0.248. The molecule has 0 aliphatic carbocycles. The van der Waals surface area contributed by atoms with Gasteiger partial charge in [-0.1, -0.05) is 48.5 Å². The van der Waals surface area contributed by atoms with Crippen LogP contribution in [0.4, 0.5) is 4.79 Å². The molecule has 0 saturated carbocycles. The van der Waals surface area contributed by atoms with Crippen LogP contribution in [0.5, 0.6) is 0 Å². The van der Waals surface area contributed by atoms with E-state index in [9.17, 15) is 4.79 Å². The molecule has 2 rings (SSSR count). The Morgan fingerprint density at radius 3 is 2.47 bits per heavy atom. The molecule has 0 aliphatic heterocycles. The number of carbonyl (C=O) groups excluding carboxylic acids is 1. The Balaban J connectivity index is 2.34. The first kappa shape index (κ1) is 13.5. The molecule has 98 valence electrons. The molecule has 0 saturated heterocycles. The highest BCUT2D eigenvalue weighted by molar-refractivity contribution is 7.98. The molecule has 0 aromatic heterocycles. The van der Waals surface area contributed by atoms with Crippen molar-refractivity contribution in [3.63, 3.8) is 0 Å². The standard InChI is InChI=1S/C15H16N2OS/c1-11-7-6-10-13(12-8-4-3-5-9-12)14(11)19-17-15(18)16-2/h3-10H,1-2H3,(H2,16,17,18). The van der Waals surface area contributed by atoms with Crippen LogP contribution in [0.3, 0.4) is 0 Å². The second-order valence-electron chi connectivity index (χ2n) is 4.10. The Bertz CT molecular complexity index is 570. The van der Waals surface area contributed by atoms with Crippen LogP contribution < -0.4 is 10.0 Å². The summed E-state index contributed by atoms with van der Waals surface area (Å²) in [7, 11) is 1.60. The third-order valence-electron chi connectivity index (χ3n) is 2.77. The molecule has 2 aromatic carbocycles. The molecule has 0 fully saturated rings. The smallest absolute Gasteiger partial charge is 0.324 e. The molecule has 3 nitrogen and oxygen atoms in total. The summed E-state index contributed by atoms with van der Waals surface area (Å²) in [6.45, 7) is 2.04. The normalized spacial score (nSPS) is 10.0. The maximum atomic E-state index is 11.3. The van der Waals surface area contributed by atoms with E-state index in [1.165, 1.54) is 11.9 Å². The fraction of sp³-hybridized carbons (Fsp3) is 0.133. The molecule has 2 aromatic rings. The van der Waals surface area contributed by atoms with Crippen molar-refractivity contribution in [3.8, 4) is 11.1 Å². The second kappa shape index (κ2) is 6.29. The number of carbonyl (C=O) groups is 1. The largest absolute Gasteiger partial charge is 0.341 e. The minimum Gasteiger partial charge on any atom is -0.341 e. The Kier molecular flexibility index (Phi) is 4.47. The lowest BCUT2D eigenvalue weighted by atomic mass is 10.0. The van der Waals surface area contributed by atoms with Gasteiger partial charge in [-0.3, -0.25) is 4.72 Å². The van der Waals surface area contributed by atoms with Crippen molar-refractivity contribution in [1.29, 1.82) is 0 Å². The van der Waals surface area contributed by atoms with Crippen LogP contribution in [-0.4, -0.2) is 13.1 Å². The predicted molar refractivity (Wildman–Crippen MR) is 80.1 cm³/mol. The van der Waals surface area contributed by atoms with Gasteiger partial charge in [0.15, 0.2) is 0 Å². The summed E-state index contributed by atoms with van der Waals surface area (Å²) in [5.41, 5.74) is 3.41. The molecule has 0 radical (unpaired) electrons. The summed E-state index contributed by atoms with van der Waals surface area (Å²) in [5.74, 6) is 0. The molecule has 2 amide bonds. The maximum Gasteiger partial charge on any atom is 0.324 e. The lowest BCUT2D eigenvalue weighted by Gasteiger charge is -2.12. The van der Waals surface area contributed by atoms with E-state index < -0.39 is 0 Å². The SMILES string of the molecule is CNC(=O)NSc1c(C)cccc1-c1ccccc1. The molecule has 0 atom stereocenters. The highest BCUT2D eigenvalue weighted by Crippen LogP contribution is 2.32. The molecular weight excluding hydrogens is 256 g/mol. The number of benzene rings is 2. The number of hydrogen-bond acceptors (Lipinski definition) is 2. The first-order valence-electron chi connectivity index (χ1n) is 6.02. The topological polar surface area (TPSA) is 41.1 Å². The summed E-state index contributed by atoms with van der Waals surface area (Å²) < 4.78 is 2.77. The van der Waals surface area contributed by atoms with Gasteiger partial charge in [-0.2, -0.15) is 0 Å². The van der Waals surface area contributed by atoms with Crippen LogP contribution in [0.2, 0.25) is 0 Å². The van der Waals surface area contributed by atoms with Gasteiger partial charge >= 0.3 is 6.03 Å². The number of nitrogens with one attached hydrogen (secondary N) is 2. The van der Waals surface area contributed by atoms with Crippen LogP contribution in [0, 0.1) is 6.92 Å². The lowest BCUT2D eigenvalue weighted by Crippen LogP contribution is -2.27. The predicted octanol–water partition coefficient (Wildman–Crippen LogP) is 3.60. The Morgan fingerprint density at radius 1 is 1.05 bits per heavy atom. The van der Waals surface area contributed by atoms with E-state index in [-0.39, 0.29) is 6.03 Å². The van der Waals surface area contributed by atoms with Gasteiger partial charge in [0.05, 0.1) is 0 Å². The first-order chi connectivity index (χ1) is 9.22.